The van der Waals surface area contributed by atoms with Gasteiger partial charge in [-0.2, -0.15) is 10.4 Å². The molecule has 0 spiro atoms. The van der Waals surface area contributed by atoms with Gasteiger partial charge in [-0.1, -0.05) is 27.7 Å². The summed E-state index contributed by atoms with van der Waals surface area (Å²) < 4.78 is 1.92. The quantitative estimate of drug-likeness (QED) is 0.745. The van der Waals surface area contributed by atoms with Crippen molar-refractivity contribution in [3.63, 3.8) is 0 Å². The van der Waals surface area contributed by atoms with Gasteiger partial charge in [0.05, 0.1) is 17.5 Å². The molecule has 1 aromatic rings. The van der Waals surface area contributed by atoms with Gasteiger partial charge in [0.25, 0.3) is 0 Å². The zero-order valence-electron chi connectivity index (χ0n) is 10.6. The lowest BCUT2D eigenvalue weighted by molar-refractivity contribution is 0.497. The van der Waals surface area contributed by atoms with E-state index in [-0.39, 0.29) is 0 Å². The van der Waals surface area contributed by atoms with Crippen molar-refractivity contribution < 1.29 is 0 Å². The molecule has 0 amide bonds. The van der Waals surface area contributed by atoms with Crippen LogP contribution in [0.3, 0.4) is 0 Å². The Bertz CT molecular complexity index is 329. The zero-order valence-corrected chi connectivity index (χ0v) is 10.6. The fourth-order valence-electron chi connectivity index (χ4n) is 1.44. The second kappa shape index (κ2) is 6.23. The van der Waals surface area contributed by atoms with Crippen molar-refractivity contribution in [2.75, 3.05) is 0 Å². The monoisotopic (exact) mass is 207 g/mol. The molecule has 1 rings (SSSR count). The standard InChI is InChI=1S/C10H15N3.C2H6/c1-7(2)10-9(5-11)6-12-13(10)8(3)4;1-2/h6-8H,1-4H3;1-2H3. The fraction of sp³-hybridized carbons (Fsp3) is 0.667. The lowest BCUT2D eigenvalue weighted by atomic mass is 10.1. The number of nitrogens with zero attached hydrogens (tertiary/aromatic N) is 3. The zero-order chi connectivity index (χ0) is 12.0. The van der Waals surface area contributed by atoms with E-state index in [1.54, 1.807) is 6.20 Å². The number of aromatic nitrogens is 2. The van der Waals surface area contributed by atoms with Crippen molar-refractivity contribution in [2.45, 2.75) is 53.5 Å². The van der Waals surface area contributed by atoms with Gasteiger partial charge >= 0.3 is 0 Å². The summed E-state index contributed by atoms with van der Waals surface area (Å²) in [6.45, 7) is 12.3. The third-order valence-electron chi connectivity index (χ3n) is 1.99. The summed E-state index contributed by atoms with van der Waals surface area (Å²) >= 11 is 0. The van der Waals surface area contributed by atoms with Crippen LogP contribution in [0.5, 0.6) is 0 Å². The normalized spacial score (nSPS) is 9.80. The average molecular weight is 207 g/mol. The minimum atomic E-state index is 0.319. The number of hydrogen-bond donors (Lipinski definition) is 0. The molecule has 1 heterocycles. The number of hydrogen-bond acceptors (Lipinski definition) is 2. The van der Waals surface area contributed by atoms with Crippen LogP contribution < -0.4 is 0 Å². The summed E-state index contributed by atoms with van der Waals surface area (Å²) in [7, 11) is 0. The molecule has 0 saturated heterocycles. The van der Waals surface area contributed by atoms with Gasteiger partial charge in [-0.3, -0.25) is 4.68 Å². The molecule has 0 N–H and O–H groups in total. The molecule has 0 aromatic carbocycles. The largest absolute Gasteiger partial charge is 0.265 e. The lowest BCUT2D eigenvalue weighted by Gasteiger charge is -2.13. The Morgan fingerprint density at radius 1 is 1.27 bits per heavy atom. The Morgan fingerprint density at radius 2 is 1.80 bits per heavy atom. The number of nitriles is 1. The van der Waals surface area contributed by atoms with Crippen molar-refractivity contribution in [1.82, 2.24) is 9.78 Å². The maximum atomic E-state index is 8.86. The summed E-state index contributed by atoms with van der Waals surface area (Å²) in [5.41, 5.74) is 1.74. The Morgan fingerprint density at radius 3 is 2.13 bits per heavy atom. The molecule has 0 aliphatic heterocycles. The van der Waals surface area contributed by atoms with Crippen LogP contribution in [-0.2, 0) is 0 Å². The SMILES string of the molecule is CC.CC(C)c1c(C#N)cnn1C(C)C. The topological polar surface area (TPSA) is 41.6 Å². The first-order chi connectivity index (χ1) is 7.07. The molecule has 0 unspecified atom stereocenters. The highest BCUT2D eigenvalue weighted by molar-refractivity contribution is 5.33. The first kappa shape index (κ1) is 13.7. The van der Waals surface area contributed by atoms with E-state index in [0.29, 0.717) is 17.5 Å². The molecule has 0 saturated carbocycles. The van der Waals surface area contributed by atoms with E-state index >= 15 is 0 Å². The van der Waals surface area contributed by atoms with Crippen LogP contribution >= 0.6 is 0 Å². The highest BCUT2D eigenvalue weighted by Gasteiger charge is 2.15. The molecular weight excluding hydrogens is 186 g/mol. The van der Waals surface area contributed by atoms with Crippen LogP contribution in [-0.4, -0.2) is 9.78 Å². The van der Waals surface area contributed by atoms with Crippen LogP contribution in [0.4, 0.5) is 0 Å². The van der Waals surface area contributed by atoms with Gasteiger partial charge < -0.3 is 0 Å². The molecule has 0 radical (unpaired) electrons. The van der Waals surface area contributed by atoms with Gasteiger partial charge in [-0.25, -0.2) is 0 Å². The van der Waals surface area contributed by atoms with Crippen LogP contribution in [0.25, 0.3) is 0 Å². The van der Waals surface area contributed by atoms with E-state index < -0.39 is 0 Å². The van der Waals surface area contributed by atoms with Crippen molar-refractivity contribution in [3.05, 3.63) is 17.5 Å². The van der Waals surface area contributed by atoms with E-state index in [1.165, 1.54) is 0 Å². The molecule has 0 bridgehead atoms. The molecule has 84 valence electrons. The van der Waals surface area contributed by atoms with Gasteiger partial charge in [-0.15, -0.1) is 0 Å². The van der Waals surface area contributed by atoms with E-state index in [0.717, 1.165) is 5.69 Å². The molecular formula is C12H21N3. The predicted octanol–water partition coefficient (Wildman–Crippen LogP) is 3.49. The molecule has 0 aliphatic rings. The van der Waals surface area contributed by atoms with Gasteiger partial charge in [0, 0.05) is 6.04 Å². The Hall–Kier alpha value is -1.30. The maximum Gasteiger partial charge on any atom is 0.103 e. The van der Waals surface area contributed by atoms with Crippen molar-refractivity contribution in [2.24, 2.45) is 0 Å². The third-order valence-corrected chi connectivity index (χ3v) is 1.99. The predicted molar refractivity (Wildman–Crippen MR) is 62.8 cm³/mol. The van der Waals surface area contributed by atoms with Crippen LogP contribution in [0.15, 0.2) is 6.20 Å². The Balaban J connectivity index is 0.000000921. The van der Waals surface area contributed by atoms with E-state index in [9.17, 15) is 0 Å². The smallest absolute Gasteiger partial charge is 0.103 e. The Kier molecular flexibility index (Phi) is 5.69. The van der Waals surface area contributed by atoms with Crippen LogP contribution in [0, 0.1) is 11.3 Å². The summed E-state index contributed by atoms with van der Waals surface area (Å²) in [6, 6.07) is 2.49. The highest BCUT2D eigenvalue weighted by Crippen LogP contribution is 2.21. The van der Waals surface area contributed by atoms with Gasteiger partial charge in [0.2, 0.25) is 0 Å². The molecule has 3 nitrogen and oxygen atoms in total. The summed E-state index contributed by atoms with van der Waals surface area (Å²) in [6.07, 6.45) is 1.65. The van der Waals surface area contributed by atoms with E-state index in [4.69, 9.17) is 5.26 Å². The minimum absolute atomic E-state index is 0.319. The molecule has 0 aliphatic carbocycles. The molecule has 1 aromatic heterocycles. The van der Waals surface area contributed by atoms with Crippen molar-refractivity contribution >= 4 is 0 Å². The molecule has 3 heteroatoms. The van der Waals surface area contributed by atoms with Crippen molar-refractivity contribution in [1.29, 1.82) is 5.26 Å². The second-order valence-corrected chi connectivity index (χ2v) is 3.75. The fourth-order valence-corrected chi connectivity index (χ4v) is 1.44. The third kappa shape index (κ3) is 3.09. The first-order valence-corrected chi connectivity index (χ1v) is 5.55. The lowest BCUT2D eigenvalue weighted by Crippen LogP contribution is -2.09. The second-order valence-electron chi connectivity index (χ2n) is 3.75. The molecule has 0 atom stereocenters. The van der Waals surface area contributed by atoms with Crippen molar-refractivity contribution in [3.8, 4) is 6.07 Å². The summed E-state index contributed by atoms with van der Waals surface area (Å²) in [5.74, 6) is 0.347. The summed E-state index contributed by atoms with van der Waals surface area (Å²) in [5, 5.41) is 13.1. The number of rotatable bonds is 2. The van der Waals surface area contributed by atoms with Gasteiger partial charge in [0.1, 0.15) is 6.07 Å². The average Bonchev–Trinajstić information content (AvgIpc) is 2.64. The van der Waals surface area contributed by atoms with Gasteiger partial charge in [-0.05, 0) is 19.8 Å². The highest BCUT2D eigenvalue weighted by atomic mass is 15.3. The van der Waals surface area contributed by atoms with Crippen LogP contribution in [0.2, 0.25) is 0 Å². The van der Waals surface area contributed by atoms with Gasteiger partial charge in [0.15, 0.2) is 0 Å². The molecule has 0 fully saturated rings. The van der Waals surface area contributed by atoms with E-state index in [1.807, 2.05) is 18.5 Å². The minimum Gasteiger partial charge on any atom is -0.265 e. The molecule has 15 heavy (non-hydrogen) atoms. The maximum absolute atomic E-state index is 8.86. The van der Waals surface area contributed by atoms with Crippen LogP contribution in [0.1, 0.15) is 64.8 Å². The Labute approximate surface area is 92.7 Å². The van der Waals surface area contributed by atoms with E-state index in [2.05, 4.69) is 38.9 Å². The first-order valence-electron chi connectivity index (χ1n) is 5.55. The summed E-state index contributed by atoms with van der Waals surface area (Å²) in [4.78, 5) is 0.